The van der Waals surface area contributed by atoms with Gasteiger partial charge in [0.1, 0.15) is 0 Å². The number of rotatable bonds is 2. The van der Waals surface area contributed by atoms with E-state index in [0.717, 1.165) is 16.9 Å². The molecule has 0 unspecified atom stereocenters. The molecule has 0 aromatic carbocycles. The van der Waals surface area contributed by atoms with E-state index in [9.17, 15) is 0 Å². The highest BCUT2D eigenvalue weighted by Crippen LogP contribution is 2.18. The van der Waals surface area contributed by atoms with Crippen LogP contribution in [-0.2, 0) is 0 Å². The van der Waals surface area contributed by atoms with E-state index < -0.39 is 0 Å². The first-order valence-corrected chi connectivity index (χ1v) is 3.51. The second-order valence-electron chi connectivity index (χ2n) is 2.28. The highest BCUT2D eigenvalue weighted by molar-refractivity contribution is 5.72. The summed E-state index contributed by atoms with van der Waals surface area (Å²) in [5, 5.41) is 0. The van der Waals surface area contributed by atoms with Crippen molar-refractivity contribution in [2.75, 3.05) is 5.73 Å². The molecule has 2 heteroatoms. The first kappa shape index (κ1) is 7.66. The van der Waals surface area contributed by atoms with Crippen LogP contribution in [-0.4, -0.2) is 4.98 Å². The highest BCUT2D eigenvalue weighted by Gasteiger charge is 2.00. The lowest BCUT2D eigenvalue weighted by atomic mass is 10.2. The third kappa shape index (κ3) is 1.34. The molecule has 58 valence electrons. The Labute approximate surface area is 66.4 Å². The van der Waals surface area contributed by atoms with Gasteiger partial charge in [-0.05, 0) is 13.0 Å². The van der Waals surface area contributed by atoms with E-state index in [1.807, 2.05) is 19.1 Å². The molecule has 0 radical (unpaired) electrons. The maximum atomic E-state index is 5.67. The average molecular weight is 148 g/mol. The number of hydrogen-bond donors (Lipinski definition) is 2. The van der Waals surface area contributed by atoms with Crippen LogP contribution in [0.25, 0.3) is 12.2 Å². The minimum absolute atomic E-state index is 0.762. The van der Waals surface area contributed by atoms with Crippen molar-refractivity contribution in [2.45, 2.75) is 6.92 Å². The first-order valence-electron chi connectivity index (χ1n) is 3.51. The van der Waals surface area contributed by atoms with Crippen LogP contribution in [0.1, 0.15) is 18.2 Å². The maximum Gasteiger partial charge on any atom is 0.0571 e. The second-order valence-corrected chi connectivity index (χ2v) is 2.28. The van der Waals surface area contributed by atoms with Gasteiger partial charge in [-0.25, -0.2) is 0 Å². The minimum atomic E-state index is 0.762. The largest absolute Gasteiger partial charge is 0.397 e. The number of nitrogens with two attached hydrogens (primary N) is 1. The van der Waals surface area contributed by atoms with Gasteiger partial charge in [0.25, 0.3) is 0 Å². The van der Waals surface area contributed by atoms with E-state index >= 15 is 0 Å². The summed E-state index contributed by atoms with van der Waals surface area (Å²) in [6.45, 7) is 5.62. The van der Waals surface area contributed by atoms with Crippen LogP contribution in [0, 0.1) is 0 Å². The maximum absolute atomic E-state index is 5.67. The lowest BCUT2D eigenvalue weighted by Gasteiger charge is -1.91. The Morgan fingerprint density at radius 2 is 2.36 bits per heavy atom. The van der Waals surface area contributed by atoms with Gasteiger partial charge < -0.3 is 10.7 Å². The van der Waals surface area contributed by atoms with Crippen molar-refractivity contribution < 1.29 is 0 Å². The molecule has 0 saturated carbocycles. The standard InChI is InChI=1S/C9H12N2/c1-3-5-7-8(10)6-11-9(7)4-2/h3-6,11H,2,10H2,1H3/b5-3-. The Morgan fingerprint density at radius 1 is 1.64 bits per heavy atom. The summed E-state index contributed by atoms with van der Waals surface area (Å²) in [5.74, 6) is 0. The fourth-order valence-electron chi connectivity index (χ4n) is 0.988. The Kier molecular flexibility index (Phi) is 2.16. The number of nitrogens with one attached hydrogen (secondary N) is 1. The van der Waals surface area contributed by atoms with Gasteiger partial charge in [-0.2, -0.15) is 0 Å². The van der Waals surface area contributed by atoms with Crippen LogP contribution in [0.5, 0.6) is 0 Å². The summed E-state index contributed by atoms with van der Waals surface area (Å²) in [4.78, 5) is 3.01. The molecule has 0 saturated heterocycles. The van der Waals surface area contributed by atoms with Crippen molar-refractivity contribution in [2.24, 2.45) is 0 Å². The molecule has 0 aliphatic carbocycles. The quantitative estimate of drug-likeness (QED) is 0.663. The van der Waals surface area contributed by atoms with Crippen LogP contribution in [0.2, 0.25) is 0 Å². The van der Waals surface area contributed by atoms with E-state index in [-0.39, 0.29) is 0 Å². The predicted octanol–water partition coefficient (Wildman–Crippen LogP) is 2.27. The minimum Gasteiger partial charge on any atom is -0.397 e. The molecule has 2 nitrogen and oxygen atoms in total. The third-order valence-corrected chi connectivity index (χ3v) is 1.52. The number of anilines is 1. The van der Waals surface area contributed by atoms with E-state index in [2.05, 4.69) is 11.6 Å². The summed E-state index contributed by atoms with van der Waals surface area (Å²) in [7, 11) is 0. The first-order chi connectivity index (χ1) is 5.29. The molecule has 0 spiro atoms. The smallest absolute Gasteiger partial charge is 0.0571 e. The molecule has 0 atom stereocenters. The molecular weight excluding hydrogens is 136 g/mol. The zero-order valence-electron chi connectivity index (χ0n) is 6.59. The number of hydrogen-bond acceptors (Lipinski definition) is 1. The number of aromatic nitrogens is 1. The predicted molar refractivity (Wildman–Crippen MR) is 50.0 cm³/mol. The van der Waals surface area contributed by atoms with Gasteiger partial charge in [-0.3, -0.25) is 0 Å². The SMILES string of the molecule is C=Cc1[nH]cc(N)c1/C=C\C. The molecule has 1 rings (SSSR count). The lowest BCUT2D eigenvalue weighted by molar-refractivity contribution is 1.37. The molecule has 0 fully saturated rings. The van der Waals surface area contributed by atoms with Crippen molar-refractivity contribution in [1.82, 2.24) is 4.98 Å². The van der Waals surface area contributed by atoms with Crippen molar-refractivity contribution >= 4 is 17.8 Å². The Balaban J connectivity index is 3.17. The molecule has 1 aromatic rings. The van der Waals surface area contributed by atoms with Gasteiger partial charge in [0.05, 0.1) is 5.69 Å². The van der Waals surface area contributed by atoms with Crippen molar-refractivity contribution in [1.29, 1.82) is 0 Å². The highest BCUT2D eigenvalue weighted by atomic mass is 14.7. The molecule has 1 heterocycles. The lowest BCUT2D eigenvalue weighted by Crippen LogP contribution is -1.83. The van der Waals surface area contributed by atoms with E-state index in [1.165, 1.54) is 0 Å². The third-order valence-electron chi connectivity index (χ3n) is 1.52. The van der Waals surface area contributed by atoms with Crippen LogP contribution < -0.4 is 5.73 Å². The number of H-pyrrole nitrogens is 1. The van der Waals surface area contributed by atoms with Gasteiger partial charge in [0.2, 0.25) is 0 Å². The Morgan fingerprint density at radius 3 is 2.91 bits per heavy atom. The van der Waals surface area contributed by atoms with Gasteiger partial charge in [0.15, 0.2) is 0 Å². The number of aromatic amines is 1. The van der Waals surface area contributed by atoms with Crippen LogP contribution in [0.15, 0.2) is 18.9 Å². The Bertz CT molecular complexity index is 282. The summed E-state index contributed by atoms with van der Waals surface area (Å²) < 4.78 is 0. The molecular formula is C9H12N2. The zero-order chi connectivity index (χ0) is 8.27. The molecule has 0 amide bonds. The van der Waals surface area contributed by atoms with Crippen LogP contribution in [0.3, 0.4) is 0 Å². The molecule has 3 N–H and O–H groups in total. The molecule has 1 aromatic heterocycles. The summed E-state index contributed by atoms with van der Waals surface area (Å²) in [6.07, 6.45) is 7.44. The second kappa shape index (κ2) is 3.10. The van der Waals surface area contributed by atoms with Crippen molar-refractivity contribution in [3.8, 4) is 0 Å². The molecule has 11 heavy (non-hydrogen) atoms. The fraction of sp³-hybridized carbons (Fsp3) is 0.111. The average Bonchev–Trinajstić information content (AvgIpc) is 2.34. The summed E-state index contributed by atoms with van der Waals surface area (Å²) in [5.41, 5.74) is 8.42. The monoisotopic (exact) mass is 148 g/mol. The fourth-order valence-corrected chi connectivity index (χ4v) is 0.988. The van der Waals surface area contributed by atoms with E-state index in [1.54, 1.807) is 12.3 Å². The summed E-state index contributed by atoms with van der Waals surface area (Å²) in [6, 6.07) is 0. The molecule has 0 aliphatic heterocycles. The van der Waals surface area contributed by atoms with Crippen molar-refractivity contribution in [3.05, 3.63) is 30.1 Å². The van der Waals surface area contributed by atoms with Gasteiger partial charge in [0, 0.05) is 17.5 Å². The topological polar surface area (TPSA) is 41.8 Å². The van der Waals surface area contributed by atoms with E-state index in [0.29, 0.717) is 0 Å². The molecule has 0 aliphatic rings. The van der Waals surface area contributed by atoms with Crippen LogP contribution in [0.4, 0.5) is 5.69 Å². The van der Waals surface area contributed by atoms with E-state index in [4.69, 9.17) is 5.73 Å². The zero-order valence-corrected chi connectivity index (χ0v) is 6.59. The molecule has 0 bridgehead atoms. The van der Waals surface area contributed by atoms with Crippen molar-refractivity contribution in [3.63, 3.8) is 0 Å². The summed E-state index contributed by atoms with van der Waals surface area (Å²) >= 11 is 0. The van der Waals surface area contributed by atoms with Crippen LogP contribution >= 0.6 is 0 Å². The number of nitrogen functional groups attached to an aromatic ring is 1. The van der Waals surface area contributed by atoms with Gasteiger partial charge >= 0.3 is 0 Å². The van der Waals surface area contributed by atoms with Gasteiger partial charge in [-0.1, -0.05) is 18.7 Å². The normalized spacial score (nSPS) is 10.6. The number of allylic oxidation sites excluding steroid dienone is 1. The van der Waals surface area contributed by atoms with Gasteiger partial charge in [-0.15, -0.1) is 0 Å². The Hall–Kier alpha value is -1.44.